The summed E-state index contributed by atoms with van der Waals surface area (Å²) in [7, 11) is 0. The van der Waals surface area contributed by atoms with Gasteiger partial charge in [0.1, 0.15) is 18.2 Å². The lowest BCUT2D eigenvalue weighted by atomic mass is 10.1. The molecule has 0 unspecified atom stereocenters. The largest absolute Gasteiger partial charge is 0.489 e. The fourth-order valence-corrected chi connectivity index (χ4v) is 2.11. The topological polar surface area (TPSA) is 35.2 Å². The van der Waals surface area contributed by atoms with Crippen molar-refractivity contribution in [2.24, 2.45) is 5.73 Å². The molecule has 0 fully saturated rings. The zero-order chi connectivity index (χ0) is 14.7. The minimum absolute atomic E-state index is 0.0135. The fourth-order valence-electron chi connectivity index (χ4n) is 1.93. The molecule has 0 saturated carbocycles. The first-order valence-corrected chi connectivity index (χ1v) is 6.78. The second-order valence-corrected chi connectivity index (χ2v) is 5.19. The van der Waals surface area contributed by atoms with Gasteiger partial charge in [0.25, 0.3) is 0 Å². The third kappa shape index (κ3) is 3.30. The van der Waals surface area contributed by atoms with Crippen LogP contribution in [0.3, 0.4) is 0 Å². The molecule has 2 rings (SSSR count). The van der Waals surface area contributed by atoms with E-state index in [1.54, 1.807) is 12.1 Å². The van der Waals surface area contributed by atoms with Crippen LogP contribution in [-0.2, 0) is 6.61 Å². The van der Waals surface area contributed by atoms with Crippen LogP contribution < -0.4 is 10.5 Å². The van der Waals surface area contributed by atoms with Gasteiger partial charge in [-0.05, 0) is 37.1 Å². The van der Waals surface area contributed by atoms with Crippen molar-refractivity contribution in [1.82, 2.24) is 0 Å². The maximum atomic E-state index is 13.3. The lowest BCUT2D eigenvalue weighted by Gasteiger charge is -2.13. The van der Waals surface area contributed by atoms with E-state index in [-0.39, 0.29) is 17.7 Å². The van der Waals surface area contributed by atoms with Crippen molar-refractivity contribution in [3.05, 3.63) is 63.9 Å². The monoisotopic (exact) mass is 293 g/mol. The predicted octanol–water partition coefficient (Wildman–Crippen LogP) is 4.39. The summed E-state index contributed by atoms with van der Waals surface area (Å²) in [6, 6.07) is 10.5. The number of hydrogen-bond donors (Lipinski definition) is 1. The van der Waals surface area contributed by atoms with Crippen LogP contribution in [-0.4, -0.2) is 0 Å². The molecule has 2 N–H and O–H groups in total. The maximum Gasteiger partial charge on any atom is 0.142 e. The molecular formula is C16H17ClFNO. The zero-order valence-electron chi connectivity index (χ0n) is 11.5. The quantitative estimate of drug-likeness (QED) is 0.907. The van der Waals surface area contributed by atoms with E-state index in [0.717, 1.165) is 16.9 Å². The molecule has 1 atom stereocenters. The van der Waals surface area contributed by atoms with Gasteiger partial charge in [0.15, 0.2) is 0 Å². The fraction of sp³-hybridized carbons (Fsp3) is 0.250. The van der Waals surface area contributed by atoms with E-state index in [9.17, 15) is 4.39 Å². The normalized spacial score (nSPS) is 12.2. The van der Waals surface area contributed by atoms with Crippen molar-refractivity contribution < 1.29 is 9.13 Å². The Morgan fingerprint density at radius 2 is 2.05 bits per heavy atom. The molecule has 106 valence electrons. The first-order chi connectivity index (χ1) is 9.49. The lowest BCUT2D eigenvalue weighted by molar-refractivity contribution is 0.303. The van der Waals surface area contributed by atoms with Crippen molar-refractivity contribution in [3.63, 3.8) is 0 Å². The van der Waals surface area contributed by atoms with E-state index in [1.807, 2.05) is 32.0 Å². The number of halogens is 2. The third-order valence-corrected chi connectivity index (χ3v) is 3.56. The van der Waals surface area contributed by atoms with Crippen molar-refractivity contribution in [1.29, 1.82) is 0 Å². The van der Waals surface area contributed by atoms with Gasteiger partial charge < -0.3 is 10.5 Å². The van der Waals surface area contributed by atoms with Gasteiger partial charge in [0.05, 0.1) is 5.02 Å². The summed E-state index contributed by atoms with van der Waals surface area (Å²) >= 11 is 5.89. The molecule has 0 aliphatic carbocycles. The van der Waals surface area contributed by atoms with Gasteiger partial charge in [-0.25, -0.2) is 4.39 Å². The van der Waals surface area contributed by atoms with Gasteiger partial charge in [-0.3, -0.25) is 0 Å². The molecule has 0 bridgehead atoms. The highest BCUT2D eigenvalue weighted by Crippen LogP contribution is 2.25. The van der Waals surface area contributed by atoms with E-state index in [2.05, 4.69) is 0 Å². The Balaban J connectivity index is 2.13. The molecule has 2 aromatic carbocycles. The molecular weight excluding hydrogens is 277 g/mol. The van der Waals surface area contributed by atoms with Crippen LogP contribution in [0.2, 0.25) is 5.02 Å². The number of hydrogen-bond acceptors (Lipinski definition) is 2. The van der Waals surface area contributed by atoms with Gasteiger partial charge in [0.2, 0.25) is 0 Å². The average Bonchev–Trinajstić information content (AvgIpc) is 2.41. The molecule has 0 amide bonds. The second kappa shape index (κ2) is 6.25. The predicted molar refractivity (Wildman–Crippen MR) is 79.5 cm³/mol. The lowest BCUT2D eigenvalue weighted by Crippen LogP contribution is -2.05. The number of rotatable bonds is 4. The Kier molecular flexibility index (Phi) is 4.63. The van der Waals surface area contributed by atoms with Gasteiger partial charge in [-0.1, -0.05) is 35.9 Å². The van der Waals surface area contributed by atoms with Gasteiger partial charge in [-0.15, -0.1) is 0 Å². The van der Waals surface area contributed by atoms with Crippen molar-refractivity contribution in [2.45, 2.75) is 26.5 Å². The summed E-state index contributed by atoms with van der Waals surface area (Å²) in [5.41, 5.74) is 8.51. The van der Waals surface area contributed by atoms with Gasteiger partial charge >= 0.3 is 0 Å². The summed E-state index contributed by atoms with van der Waals surface area (Å²) in [6.45, 7) is 4.12. The van der Waals surface area contributed by atoms with Crippen LogP contribution in [0.5, 0.6) is 5.75 Å². The van der Waals surface area contributed by atoms with Crippen molar-refractivity contribution >= 4 is 11.6 Å². The Labute approximate surface area is 123 Å². The molecule has 20 heavy (non-hydrogen) atoms. The molecule has 0 saturated heterocycles. The summed E-state index contributed by atoms with van der Waals surface area (Å²) in [6.07, 6.45) is 0. The third-order valence-electron chi connectivity index (χ3n) is 3.14. The Hall–Kier alpha value is -1.58. The molecule has 0 heterocycles. The molecule has 0 radical (unpaired) electrons. The maximum absolute atomic E-state index is 13.3. The molecule has 2 aromatic rings. The number of benzene rings is 2. The van der Waals surface area contributed by atoms with Gasteiger partial charge in [-0.2, -0.15) is 0 Å². The highest BCUT2D eigenvalue weighted by atomic mass is 35.5. The van der Waals surface area contributed by atoms with E-state index in [0.29, 0.717) is 5.56 Å². The minimum atomic E-state index is -0.434. The van der Waals surface area contributed by atoms with Crippen LogP contribution >= 0.6 is 11.6 Å². The smallest absolute Gasteiger partial charge is 0.142 e. The van der Waals surface area contributed by atoms with Crippen LogP contribution in [0.15, 0.2) is 36.4 Å². The summed E-state index contributed by atoms with van der Waals surface area (Å²) < 4.78 is 19.0. The molecule has 0 aliphatic heterocycles. The standard InChI is InChI=1S/C16H17ClFNO/c1-10-8-12(11(2)19)6-7-15(10)20-9-13-4-3-5-14(18)16(13)17/h3-8,11H,9,19H2,1-2H3/t11-/m1/s1. The van der Waals surface area contributed by atoms with Gasteiger partial charge in [0, 0.05) is 11.6 Å². The Morgan fingerprint density at radius 1 is 1.30 bits per heavy atom. The van der Waals surface area contributed by atoms with E-state index in [4.69, 9.17) is 22.1 Å². The van der Waals surface area contributed by atoms with Crippen LogP contribution in [0.4, 0.5) is 4.39 Å². The average molecular weight is 294 g/mol. The molecule has 4 heteroatoms. The summed E-state index contributed by atoms with van der Waals surface area (Å²) in [5, 5.41) is 0.109. The Morgan fingerprint density at radius 3 is 2.70 bits per heavy atom. The van der Waals surface area contributed by atoms with Crippen molar-refractivity contribution in [2.75, 3.05) is 0 Å². The van der Waals surface area contributed by atoms with Crippen LogP contribution in [0, 0.1) is 12.7 Å². The second-order valence-electron chi connectivity index (χ2n) is 4.82. The van der Waals surface area contributed by atoms with E-state index >= 15 is 0 Å². The van der Waals surface area contributed by atoms with E-state index < -0.39 is 5.82 Å². The molecule has 0 aliphatic rings. The SMILES string of the molecule is Cc1cc([C@@H](C)N)ccc1OCc1cccc(F)c1Cl. The van der Waals surface area contributed by atoms with Crippen LogP contribution in [0.25, 0.3) is 0 Å². The van der Waals surface area contributed by atoms with Crippen molar-refractivity contribution in [3.8, 4) is 5.75 Å². The number of aryl methyl sites for hydroxylation is 1. The first kappa shape index (κ1) is 14.8. The summed E-state index contributed by atoms with van der Waals surface area (Å²) in [4.78, 5) is 0. The Bertz CT molecular complexity index is 613. The highest BCUT2D eigenvalue weighted by molar-refractivity contribution is 6.31. The van der Waals surface area contributed by atoms with Crippen LogP contribution in [0.1, 0.15) is 29.7 Å². The molecule has 0 spiro atoms. The van der Waals surface area contributed by atoms with E-state index in [1.165, 1.54) is 6.07 Å². The summed E-state index contributed by atoms with van der Waals surface area (Å²) in [5.74, 6) is 0.312. The molecule has 0 aromatic heterocycles. The first-order valence-electron chi connectivity index (χ1n) is 6.41. The highest BCUT2D eigenvalue weighted by Gasteiger charge is 2.08. The zero-order valence-corrected chi connectivity index (χ0v) is 12.2. The number of ether oxygens (including phenoxy) is 1. The number of nitrogens with two attached hydrogens (primary N) is 1. The molecule has 2 nitrogen and oxygen atoms in total. The minimum Gasteiger partial charge on any atom is -0.489 e.